The number of carbonyl (C=O) groups is 2. The highest BCUT2D eigenvalue weighted by molar-refractivity contribution is 7.92. The molecule has 0 bridgehead atoms. The van der Waals surface area contributed by atoms with E-state index in [1.54, 1.807) is 28.9 Å². The van der Waals surface area contributed by atoms with Crippen molar-refractivity contribution < 1.29 is 18.0 Å². The molecule has 132 valence electrons. The molecule has 1 saturated heterocycles. The van der Waals surface area contributed by atoms with Crippen LogP contribution in [0.2, 0.25) is 0 Å². The Labute approximate surface area is 142 Å². The smallest absolute Gasteiger partial charge is 0.246 e. The number of aryl methyl sites for hydroxylation is 1. The number of benzene rings is 1. The summed E-state index contributed by atoms with van der Waals surface area (Å²) in [5.74, 6) is -0.258. The third kappa shape index (κ3) is 4.05. The van der Waals surface area contributed by atoms with Crippen LogP contribution >= 0.6 is 0 Å². The Bertz CT molecular complexity index is 695. The van der Waals surface area contributed by atoms with Gasteiger partial charge in [-0.3, -0.25) is 13.9 Å². The molecule has 1 aromatic rings. The fourth-order valence-electron chi connectivity index (χ4n) is 2.81. The number of hydrogen-bond acceptors (Lipinski definition) is 4. The van der Waals surface area contributed by atoms with Crippen molar-refractivity contribution in [2.24, 2.45) is 0 Å². The number of carbonyl (C=O) groups excluding carboxylic acids is 2. The molecule has 1 aliphatic rings. The summed E-state index contributed by atoms with van der Waals surface area (Å²) in [6.07, 6.45) is 1.86. The number of piperazine rings is 1. The standard InChI is InChI=1S/C16H23N3O4S/c1-13-4-6-15(7-5-13)19(24(3,22)23)14(2)16(21)18-10-8-17(12-20)9-11-18/h4-7,12,14H,8-11H2,1-3H3/t14-/m0/s1. The van der Waals surface area contributed by atoms with Crippen molar-refractivity contribution in [1.29, 1.82) is 0 Å². The van der Waals surface area contributed by atoms with E-state index in [1.807, 2.05) is 19.1 Å². The number of nitrogens with zero attached hydrogens (tertiary/aromatic N) is 3. The van der Waals surface area contributed by atoms with Gasteiger partial charge in [0.25, 0.3) is 0 Å². The lowest BCUT2D eigenvalue weighted by atomic mass is 10.2. The normalized spacial score (nSPS) is 16.6. The van der Waals surface area contributed by atoms with Crippen LogP contribution in [-0.2, 0) is 19.6 Å². The summed E-state index contributed by atoms with van der Waals surface area (Å²) in [5.41, 5.74) is 1.48. The Morgan fingerprint density at radius 1 is 1.17 bits per heavy atom. The van der Waals surface area contributed by atoms with Gasteiger partial charge in [-0.05, 0) is 26.0 Å². The Balaban J connectivity index is 2.22. The maximum absolute atomic E-state index is 12.7. The van der Waals surface area contributed by atoms with Crippen LogP contribution in [0.25, 0.3) is 0 Å². The van der Waals surface area contributed by atoms with E-state index in [2.05, 4.69) is 0 Å². The second-order valence-electron chi connectivity index (χ2n) is 6.04. The van der Waals surface area contributed by atoms with Crippen LogP contribution in [0.15, 0.2) is 24.3 Å². The second kappa shape index (κ2) is 7.21. The molecule has 2 amide bonds. The SMILES string of the molecule is Cc1ccc(N([C@@H](C)C(=O)N2CCN(C=O)CC2)S(C)(=O)=O)cc1. The molecular formula is C16H23N3O4S. The van der Waals surface area contributed by atoms with Crippen LogP contribution in [0.1, 0.15) is 12.5 Å². The van der Waals surface area contributed by atoms with Gasteiger partial charge in [0.1, 0.15) is 6.04 Å². The van der Waals surface area contributed by atoms with Gasteiger partial charge in [-0.25, -0.2) is 8.42 Å². The zero-order chi connectivity index (χ0) is 17.9. The average Bonchev–Trinajstić information content (AvgIpc) is 2.55. The molecule has 8 heteroatoms. The lowest BCUT2D eigenvalue weighted by molar-refractivity contribution is -0.135. The van der Waals surface area contributed by atoms with E-state index < -0.39 is 16.1 Å². The van der Waals surface area contributed by atoms with Crippen LogP contribution in [0.3, 0.4) is 0 Å². The van der Waals surface area contributed by atoms with Gasteiger partial charge in [0.05, 0.1) is 11.9 Å². The van der Waals surface area contributed by atoms with E-state index >= 15 is 0 Å². The fourth-order valence-corrected chi connectivity index (χ4v) is 3.98. The Morgan fingerprint density at radius 2 is 1.71 bits per heavy atom. The molecular weight excluding hydrogens is 330 g/mol. The molecule has 24 heavy (non-hydrogen) atoms. The zero-order valence-corrected chi connectivity index (χ0v) is 15.0. The molecule has 7 nitrogen and oxygen atoms in total. The molecule has 0 radical (unpaired) electrons. The van der Waals surface area contributed by atoms with E-state index in [1.165, 1.54) is 0 Å². The largest absolute Gasteiger partial charge is 0.342 e. The van der Waals surface area contributed by atoms with E-state index in [0.717, 1.165) is 22.5 Å². The molecule has 0 aromatic heterocycles. The van der Waals surface area contributed by atoms with Gasteiger partial charge in [0, 0.05) is 26.2 Å². The van der Waals surface area contributed by atoms with Crippen molar-refractivity contribution in [2.45, 2.75) is 19.9 Å². The summed E-state index contributed by atoms with van der Waals surface area (Å²) < 4.78 is 25.6. The van der Waals surface area contributed by atoms with E-state index in [0.29, 0.717) is 31.9 Å². The van der Waals surface area contributed by atoms with Crippen molar-refractivity contribution in [3.63, 3.8) is 0 Å². The molecule has 0 N–H and O–H groups in total. The lowest BCUT2D eigenvalue weighted by Crippen LogP contribution is -2.55. The van der Waals surface area contributed by atoms with Gasteiger partial charge >= 0.3 is 0 Å². The Hall–Kier alpha value is -2.09. The molecule has 1 heterocycles. The maximum atomic E-state index is 12.7. The summed E-state index contributed by atoms with van der Waals surface area (Å²) in [4.78, 5) is 26.7. The first-order valence-corrected chi connectivity index (χ1v) is 9.63. The fraction of sp³-hybridized carbons (Fsp3) is 0.500. The van der Waals surface area contributed by atoms with Crippen molar-refractivity contribution >= 4 is 28.0 Å². The Kier molecular flexibility index (Phi) is 5.48. The average molecular weight is 353 g/mol. The number of sulfonamides is 1. The second-order valence-corrected chi connectivity index (χ2v) is 7.90. The maximum Gasteiger partial charge on any atom is 0.246 e. The van der Waals surface area contributed by atoms with E-state index in [9.17, 15) is 18.0 Å². The molecule has 2 rings (SSSR count). The molecule has 1 atom stereocenters. The van der Waals surface area contributed by atoms with Crippen molar-refractivity contribution in [2.75, 3.05) is 36.7 Å². The molecule has 0 unspecified atom stereocenters. The van der Waals surface area contributed by atoms with E-state index in [4.69, 9.17) is 0 Å². The third-order valence-electron chi connectivity index (χ3n) is 4.13. The van der Waals surface area contributed by atoms with Crippen LogP contribution in [0, 0.1) is 6.92 Å². The lowest BCUT2D eigenvalue weighted by Gasteiger charge is -2.36. The topological polar surface area (TPSA) is 78.0 Å². The highest BCUT2D eigenvalue weighted by atomic mass is 32.2. The summed E-state index contributed by atoms with van der Waals surface area (Å²) in [6, 6.07) is 6.18. The summed E-state index contributed by atoms with van der Waals surface area (Å²) in [6.45, 7) is 5.25. The summed E-state index contributed by atoms with van der Waals surface area (Å²) in [7, 11) is -3.61. The minimum Gasteiger partial charge on any atom is -0.342 e. The number of hydrogen-bond donors (Lipinski definition) is 0. The number of rotatable bonds is 5. The van der Waals surface area contributed by atoms with Crippen molar-refractivity contribution in [3.05, 3.63) is 29.8 Å². The van der Waals surface area contributed by atoms with E-state index in [-0.39, 0.29) is 5.91 Å². The van der Waals surface area contributed by atoms with Gasteiger partial charge in [-0.15, -0.1) is 0 Å². The Morgan fingerprint density at radius 3 is 2.17 bits per heavy atom. The van der Waals surface area contributed by atoms with Crippen LogP contribution < -0.4 is 4.31 Å². The molecule has 0 spiro atoms. The van der Waals surface area contributed by atoms with Crippen LogP contribution in [0.4, 0.5) is 5.69 Å². The van der Waals surface area contributed by atoms with Crippen molar-refractivity contribution in [1.82, 2.24) is 9.80 Å². The van der Waals surface area contributed by atoms with Gasteiger partial charge in [0.15, 0.2) is 0 Å². The minimum atomic E-state index is -3.61. The third-order valence-corrected chi connectivity index (χ3v) is 5.37. The first kappa shape index (κ1) is 18.3. The zero-order valence-electron chi connectivity index (χ0n) is 14.2. The molecule has 1 aliphatic heterocycles. The summed E-state index contributed by atoms with van der Waals surface area (Å²) >= 11 is 0. The van der Waals surface area contributed by atoms with Gasteiger partial charge in [-0.2, -0.15) is 0 Å². The van der Waals surface area contributed by atoms with Crippen LogP contribution in [0.5, 0.6) is 0 Å². The monoisotopic (exact) mass is 353 g/mol. The predicted molar refractivity (Wildman–Crippen MR) is 92.2 cm³/mol. The number of anilines is 1. The highest BCUT2D eigenvalue weighted by Crippen LogP contribution is 2.22. The van der Waals surface area contributed by atoms with Crippen LogP contribution in [-0.4, -0.2) is 69.0 Å². The first-order chi connectivity index (χ1) is 11.2. The van der Waals surface area contributed by atoms with Gasteiger partial charge in [0.2, 0.25) is 22.3 Å². The van der Waals surface area contributed by atoms with Gasteiger partial charge in [-0.1, -0.05) is 17.7 Å². The predicted octanol–water partition coefficient (Wildman–Crippen LogP) is 0.450. The van der Waals surface area contributed by atoms with Gasteiger partial charge < -0.3 is 9.80 Å². The quantitative estimate of drug-likeness (QED) is 0.720. The molecule has 1 fully saturated rings. The van der Waals surface area contributed by atoms with Crippen molar-refractivity contribution in [3.8, 4) is 0 Å². The first-order valence-electron chi connectivity index (χ1n) is 7.78. The minimum absolute atomic E-state index is 0.258. The molecule has 0 saturated carbocycles. The summed E-state index contributed by atoms with van der Waals surface area (Å²) in [5, 5.41) is 0. The molecule has 1 aromatic carbocycles. The number of amides is 2. The highest BCUT2D eigenvalue weighted by Gasteiger charge is 2.33. The molecule has 0 aliphatic carbocycles.